The van der Waals surface area contributed by atoms with Gasteiger partial charge in [0.15, 0.2) is 0 Å². The molecule has 0 radical (unpaired) electrons. The Morgan fingerprint density at radius 1 is 1.18 bits per heavy atom. The number of rotatable bonds is 6. The molecule has 0 aliphatic rings. The van der Waals surface area contributed by atoms with Crippen LogP contribution in [0, 0.1) is 0 Å². The SMILES string of the molecule is CCOCCOC(=O)C(C)(C)c1ccccc1. The largest absolute Gasteiger partial charge is 0.463 e. The van der Waals surface area contributed by atoms with Gasteiger partial charge in [0.25, 0.3) is 0 Å². The third kappa shape index (κ3) is 3.86. The Morgan fingerprint density at radius 3 is 2.41 bits per heavy atom. The minimum absolute atomic E-state index is 0.219. The summed E-state index contributed by atoms with van der Waals surface area (Å²) in [6, 6.07) is 9.64. The lowest BCUT2D eigenvalue weighted by Gasteiger charge is -2.23. The Kier molecular flexibility index (Phi) is 5.16. The summed E-state index contributed by atoms with van der Waals surface area (Å²) < 4.78 is 10.3. The Labute approximate surface area is 103 Å². The molecule has 17 heavy (non-hydrogen) atoms. The number of hydrogen-bond acceptors (Lipinski definition) is 3. The second-order valence-electron chi connectivity index (χ2n) is 4.32. The van der Waals surface area contributed by atoms with Crippen molar-refractivity contribution in [3.8, 4) is 0 Å². The average molecular weight is 236 g/mol. The van der Waals surface area contributed by atoms with E-state index in [0.29, 0.717) is 19.8 Å². The molecule has 3 nitrogen and oxygen atoms in total. The van der Waals surface area contributed by atoms with Crippen molar-refractivity contribution < 1.29 is 14.3 Å². The molecule has 94 valence electrons. The van der Waals surface area contributed by atoms with Crippen molar-refractivity contribution >= 4 is 5.97 Å². The molecule has 0 spiro atoms. The van der Waals surface area contributed by atoms with E-state index in [1.54, 1.807) is 0 Å². The molecule has 0 fully saturated rings. The molecule has 1 rings (SSSR count). The maximum absolute atomic E-state index is 12.0. The molecule has 0 aliphatic carbocycles. The molecule has 0 saturated carbocycles. The standard InChI is InChI=1S/C14H20O3/c1-4-16-10-11-17-13(15)14(2,3)12-8-6-5-7-9-12/h5-9H,4,10-11H2,1-3H3. The van der Waals surface area contributed by atoms with Crippen LogP contribution in [-0.2, 0) is 19.7 Å². The fourth-order valence-corrected chi connectivity index (χ4v) is 1.49. The van der Waals surface area contributed by atoms with Crippen LogP contribution < -0.4 is 0 Å². The van der Waals surface area contributed by atoms with Gasteiger partial charge in [-0.25, -0.2) is 0 Å². The van der Waals surface area contributed by atoms with Gasteiger partial charge in [0.05, 0.1) is 12.0 Å². The lowest BCUT2D eigenvalue weighted by molar-refractivity contribution is -0.150. The van der Waals surface area contributed by atoms with Gasteiger partial charge in [-0.05, 0) is 26.3 Å². The lowest BCUT2D eigenvalue weighted by atomic mass is 9.85. The minimum atomic E-state index is -0.618. The molecule has 0 aromatic heterocycles. The molecule has 1 aromatic carbocycles. The summed E-state index contributed by atoms with van der Waals surface area (Å²) in [4.78, 5) is 12.0. The van der Waals surface area contributed by atoms with E-state index in [1.807, 2.05) is 51.1 Å². The predicted octanol–water partition coefficient (Wildman–Crippen LogP) is 2.54. The Hall–Kier alpha value is -1.35. The fraction of sp³-hybridized carbons (Fsp3) is 0.500. The van der Waals surface area contributed by atoms with Crippen LogP contribution in [0.15, 0.2) is 30.3 Å². The third-order valence-electron chi connectivity index (χ3n) is 2.67. The van der Waals surface area contributed by atoms with E-state index in [1.165, 1.54) is 0 Å². The summed E-state index contributed by atoms with van der Waals surface area (Å²) in [5.74, 6) is -0.219. The van der Waals surface area contributed by atoms with Crippen molar-refractivity contribution in [3.05, 3.63) is 35.9 Å². The summed E-state index contributed by atoms with van der Waals surface area (Å²) >= 11 is 0. The second-order valence-corrected chi connectivity index (χ2v) is 4.32. The Morgan fingerprint density at radius 2 is 1.82 bits per heavy atom. The molecule has 0 amide bonds. The van der Waals surface area contributed by atoms with E-state index < -0.39 is 5.41 Å². The lowest BCUT2D eigenvalue weighted by Crippen LogP contribution is -2.31. The van der Waals surface area contributed by atoms with E-state index in [0.717, 1.165) is 5.56 Å². The molecule has 0 bridgehead atoms. The van der Waals surface area contributed by atoms with Gasteiger partial charge in [0, 0.05) is 6.61 Å². The first-order valence-electron chi connectivity index (χ1n) is 5.89. The Balaban J connectivity index is 2.55. The molecule has 0 N–H and O–H groups in total. The van der Waals surface area contributed by atoms with Crippen LogP contribution in [0.5, 0.6) is 0 Å². The predicted molar refractivity (Wildman–Crippen MR) is 66.9 cm³/mol. The molecule has 3 heteroatoms. The van der Waals surface area contributed by atoms with Gasteiger partial charge in [-0.3, -0.25) is 4.79 Å². The van der Waals surface area contributed by atoms with Crippen molar-refractivity contribution in [2.45, 2.75) is 26.2 Å². The maximum Gasteiger partial charge on any atom is 0.316 e. The highest BCUT2D eigenvalue weighted by molar-refractivity contribution is 5.82. The van der Waals surface area contributed by atoms with Gasteiger partial charge in [-0.1, -0.05) is 30.3 Å². The zero-order chi connectivity index (χ0) is 12.7. The van der Waals surface area contributed by atoms with Gasteiger partial charge < -0.3 is 9.47 Å². The molecular weight excluding hydrogens is 216 g/mol. The van der Waals surface area contributed by atoms with E-state index in [4.69, 9.17) is 9.47 Å². The van der Waals surface area contributed by atoms with E-state index in [2.05, 4.69) is 0 Å². The summed E-state index contributed by atoms with van der Waals surface area (Å²) in [5, 5.41) is 0. The van der Waals surface area contributed by atoms with E-state index in [9.17, 15) is 4.79 Å². The average Bonchev–Trinajstić information content (AvgIpc) is 2.35. The quantitative estimate of drug-likeness (QED) is 0.562. The summed E-state index contributed by atoms with van der Waals surface area (Å²) in [6.07, 6.45) is 0. The number of benzene rings is 1. The van der Waals surface area contributed by atoms with Gasteiger partial charge in [0.2, 0.25) is 0 Å². The highest BCUT2D eigenvalue weighted by Gasteiger charge is 2.31. The number of carbonyl (C=O) groups excluding carboxylic acids is 1. The summed E-state index contributed by atoms with van der Waals surface area (Å²) in [7, 11) is 0. The second kappa shape index (κ2) is 6.40. The molecule has 0 aliphatic heterocycles. The van der Waals surface area contributed by atoms with Gasteiger partial charge in [0.1, 0.15) is 6.61 Å². The van der Waals surface area contributed by atoms with Gasteiger partial charge in [-0.2, -0.15) is 0 Å². The van der Waals surface area contributed by atoms with Crippen molar-refractivity contribution in [2.75, 3.05) is 19.8 Å². The van der Waals surface area contributed by atoms with Gasteiger partial charge >= 0.3 is 5.97 Å². The molecule has 0 saturated heterocycles. The zero-order valence-corrected chi connectivity index (χ0v) is 10.7. The summed E-state index contributed by atoms with van der Waals surface area (Å²) in [5.41, 5.74) is 0.342. The highest BCUT2D eigenvalue weighted by Crippen LogP contribution is 2.24. The topological polar surface area (TPSA) is 35.5 Å². The van der Waals surface area contributed by atoms with Crippen molar-refractivity contribution in [1.29, 1.82) is 0 Å². The van der Waals surface area contributed by atoms with E-state index >= 15 is 0 Å². The molecule has 0 unspecified atom stereocenters. The van der Waals surface area contributed by atoms with E-state index in [-0.39, 0.29) is 5.97 Å². The first-order valence-corrected chi connectivity index (χ1v) is 5.89. The van der Waals surface area contributed by atoms with Crippen LogP contribution in [0.4, 0.5) is 0 Å². The fourth-order valence-electron chi connectivity index (χ4n) is 1.49. The highest BCUT2D eigenvalue weighted by atomic mass is 16.6. The Bertz CT molecular complexity index is 344. The number of hydrogen-bond donors (Lipinski definition) is 0. The van der Waals surface area contributed by atoms with Crippen LogP contribution in [-0.4, -0.2) is 25.8 Å². The molecule has 0 atom stereocenters. The number of carbonyl (C=O) groups is 1. The minimum Gasteiger partial charge on any atom is -0.463 e. The van der Waals surface area contributed by atoms with Gasteiger partial charge in [-0.15, -0.1) is 0 Å². The monoisotopic (exact) mass is 236 g/mol. The van der Waals surface area contributed by atoms with Crippen molar-refractivity contribution in [2.24, 2.45) is 0 Å². The van der Waals surface area contributed by atoms with Crippen LogP contribution in [0.25, 0.3) is 0 Å². The van der Waals surface area contributed by atoms with Crippen LogP contribution in [0.1, 0.15) is 26.3 Å². The first-order chi connectivity index (χ1) is 8.09. The normalized spacial score (nSPS) is 11.2. The summed E-state index contributed by atoms with van der Waals surface area (Å²) in [6.45, 7) is 7.04. The third-order valence-corrected chi connectivity index (χ3v) is 2.67. The zero-order valence-electron chi connectivity index (χ0n) is 10.7. The van der Waals surface area contributed by atoms with Crippen molar-refractivity contribution in [3.63, 3.8) is 0 Å². The number of esters is 1. The van der Waals surface area contributed by atoms with Crippen LogP contribution in [0.2, 0.25) is 0 Å². The smallest absolute Gasteiger partial charge is 0.316 e. The van der Waals surface area contributed by atoms with Crippen LogP contribution in [0.3, 0.4) is 0 Å². The number of ether oxygens (including phenoxy) is 2. The first kappa shape index (κ1) is 13.7. The molecular formula is C14H20O3. The van der Waals surface area contributed by atoms with Crippen molar-refractivity contribution in [1.82, 2.24) is 0 Å². The van der Waals surface area contributed by atoms with Crippen LogP contribution >= 0.6 is 0 Å². The molecule has 0 heterocycles. The maximum atomic E-state index is 12.0. The molecule has 1 aromatic rings.